The summed E-state index contributed by atoms with van der Waals surface area (Å²) in [7, 11) is 2.12. The third-order valence-corrected chi connectivity index (χ3v) is 4.50. The maximum Gasteiger partial charge on any atom is 0.241 e. The van der Waals surface area contributed by atoms with E-state index in [1.807, 2.05) is 11.8 Å². The highest BCUT2D eigenvalue weighted by atomic mass is 19.1. The lowest BCUT2D eigenvalue weighted by Gasteiger charge is -2.27. The molecule has 0 aliphatic carbocycles. The van der Waals surface area contributed by atoms with Gasteiger partial charge >= 0.3 is 0 Å². The summed E-state index contributed by atoms with van der Waals surface area (Å²) in [6, 6.07) is 6.23. The predicted octanol–water partition coefficient (Wildman–Crippen LogP) is 1.60. The highest BCUT2D eigenvalue weighted by molar-refractivity contribution is 5.84. The molecule has 3 atom stereocenters. The molecule has 2 saturated heterocycles. The molecule has 5 heteroatoms. The Morgan fingerprint density at radius 3 is 2.67 bits per heavy atom. The van der Waals surface area contributed by atoms with E-state index in [0.717, 1.165) is 31.6 Å². The average molecular weight is 291 g/mol. The Balaban J connectivity index is 1.77. The number of halogens is 1. The molecule has 0 saturated carbocycles. The second-order valence-electron chi connectivity index (χ2n) is 6.25. The Morgan fingerprint density at radius 1 is 1.33 bits per heavy atom. The van der Waals surface area contributed by atoms with Crippen LogP contribution in [-0.2, 0) is 4.79 Å². The van der Waals surface area contributed by atoms with Crippen molar-refractivity contribution in [3.63, 3.8) is 0 Å². The largest absolute Gasteiger partial charge is 0.321 e. The summed E-state index contributed by atoms with van der Waals surface area (Å²) in [6.45, 7) is 4.79. The number of carbonyl (C=O) groups is 1. The molecule has 1 N–H and O–H groups in total. The van der Waals surface area contributed by atoms with E-state index in [1.54, 1.807) is 12.1 Å². The first-order valence-corrected chi connectivity index (χ1v) is 7.55. The maximum absolute atomic E-state index is 13.1. The van der Waals surface area contributed by atoms with Crippen molar-refractivity contribution in [1.29, 1.82) is 0 Å². The lowest BCUT2D eigenvalue weighted by Crippen LogP contribution is -2.35. The lowest BCUT2D eigenvalue weighted by molar-refractivity contribution is -0.130. The van der Waals surface area contributed by atoms with Crippen molar-refractivity contribution in [2.75, 3.05) is 26.7 Å². The Labute approximate surface area is 124 Å². The van der Waals surface area contributed by atoms with Crippen molar-refractivity contribution in [2.24, 2.45) is 5.92 Å². The fraction of sp³-hybridized carbons (Fsp3) is 0.562. The zero-order valence-electron chi connectivity index (χ0n) is 12.6. The normalized spacial score (nSPS) is 30.3. The van der Waals surface area contributed by atoms with E-state index in [0.29, 0.717) is 5.92 Å². The summed E-state index contributed by atoms with van der Waals surface area (Å²) < 4.78 is 13.1. The highest BCUT2D eigenvalue weighted by Crippen LogP contribution is 2.28. The van der Waals surface area contributed by atoms with Gasteiger partial charge in [0.1, 0.15) is 12.0 Å². The molecule has 2 aliphatic heterocycles. The number of nitrogens with one attached hydrogen (secondary N) is 1. The van der Waals surface area contributed by atoms with Crippen LogP contribution in [0.4, 0.5) is 4.39 Å². The van der Waals surface area contributed by atoms with Gasteiger partial charge in [-0.2, -0.15) is 0 Å². The molecular weight excluding hydrogens is 269 g/mol. The molecule has 2 fully saturated rings. The molecule has 0 bridgehead atoms. The molecule has 1 aromatic carbocycles. The molecule has 3 unspecified atom stereocenters. The van der Waals surface area contributed by atoms with Crippen molar-refractivity contribution in [1.82, 2.24) is 15.1 Å². The molecule has 0 aromatic heterocycles. The highest BCUT2D eigenvalue weighted by Gasteiger charge is 2.38. The molecule has 21 heavy (non-hydrogen) atoms. The Bertz CT molecular complexity index is 519. The van der Waals surface area contributed by atoms with Gasteiger partial charge < -0.3 is 9.80 Å². The predicted molar refractivity (Wildman–Crippen MR) is 79.1 cm³/mol. The van der Waals surface area contributed by atoms with E-state index in [1.165, 1.54) is 12.1 Å². The number of hydrogen-bond acceptors (Lipinski definition) is 3. The van der Waals surface area contributed by atoms with Crippen molar-refractivity contribution in [3.05, 3.63) is 35.6 Å². The van der Waals surface area contributed by atoms with E-state index in [2.05, 4.69) is 17.3 Å². The van der Waals surface area contributed by atoms with E-state index in [9.17, 15) is 9.18 Å². The van der Waals surface area contributed by atoms with Crippen molar-refractivity contribution < 1.29 is 9.18 Å². The fourth-order valence-electron chi connectivity index (χ4n) is 3.34. The number of nitrogens with zero attached hydrogens (tertiary/aromatic N) is 2. The number of likely N-dealkylation sites (tertiary alicyclic amines) is 1. The number of carbonyl (C=O) groups excluding carboxylic acids is 1. The van der Waals surface area contributed by atoms with Gasteiger partial charge in [0.05, 0.1) is 6.04 Å². The first-order valence-electron chi connectivity index (χ1n) is 7.55. The smallest absolute Gasteiger partial charge is 0.241 e. The average Bonchev–Trinajstić information content (AvgIpc) is 2.99. The van der Waals surface area contributed by atoms with Crippen LogP contribution in [0.1, 0.15) is 25.1 Å². The van der Waals surface area contributed by atoms with Crippen LogP contribution in [0.25, 0.3) is 0 Å². The van der Waals surface area contributed by atoms with Crippen LogP contribution in [0.3, 0.4) is 0 Å². The van der Waals surface area contributed by atoms with E-state index < -0.39 is 0 Å². The van der Waals surface area contributed by atoms with Crippen LogP contribution >= 0.6 is 0 Å². The minimum absolute atomic E-state index is 0.138. The number of amides is 1. The van der Waals surface area contributed by atoms with Gasteiger partial charge in [-0.3, -0.25) is 10.1 Å². The molecule has 1 amide bonds. The standard InChI is InChI=1S/C16H22FN3O/c1-11-16(21)20(10-12-7-8-19(2)9-12)15(18-11)13-3-5-14(17)6-4-13/h3-6,11-12,15,18H,7-10H2,1-2H3. The summed E-state index contributed by atoms with van der Waals surface area (Å²) in [5.41, 5.74) is 0.945. The molecule has 1 aromatic rings. The molecule has 0 radical (unpaired) electrons. The Morgan fingerprint density at radius 2 is 2.05 bits per heavy atom. The maximum atomic E-state index is 13.1. The third kappa shape index (κ3) is 2.94. The molecule has 3 rings (SSSR count). The number of benzene rings is 1. The van der Waals surface area contributed by atoms with Crippen molar-refractivity contribution in [2.45, 2.75) is 25.6 Å². The van der Waals surface area contributed by atoms with Crippen LogP contribution in [-0.4, -0.2) is 48.4 Å². The van der Waals surface area contributed by atoms with Crippen molar-refractivity contribution in [3.8, 4) is 0 Å². The van der Waals surface area contributed by atoms with Gasteiger partial charge in [-0.25, -0.2) is 4.39 Å². The summed E-state index contributed by atoms with van der Waals surface area (Å²) in [4.78, 5) is 16.6. The minimum Gasteiger partial charge on any atom is -0.321 e. The summed E-state index contributed by atoms with van der Waals surface area (Å²) in [6.07, 6.45) is 0.990. The third-order valence-electron chi connectivity index (χ3n) is 4.50. The summed E-state index contributed by atoms with van der Waals surface area (Å²) in [5.74, 6) is 0.410. The monoisotopic (exact) mass is 291 g/mol. The van der Waals surface area contributed by atoms with E-state index in [4.69, 9.17) is 0 Å². The lowest BCUT2D eigenvalue weighted by atomic mass is 10.1. The van der Waals surface area contributed by atoms with Crippen LogP contribution in [0.15, 0.2) is 24.3 Å². The van der Waals surface area contributed by atoms with Gasteiger partial charge in [0.15, 0.2) is 0 Å². The first kappa shape index (κ1) is 14.5. The Kier molecular flexibility index (Phi) is 3.95. The number of rotatable bonds is 3. The molecular formula is C16H22FN3O. The van der Waals surface area contributed by atoms with Crippen LogP contribution in [0.5, 0.6) is 0 Å². The molecule has 4 nitrogen and oxygen atoms in total. The summed E-state index contributed by atoms with van der Waals surface area (Å²) in [5, 5.41) is 3.31. The van der Waals surface area contributed by atoms with Gasteiger partial charge in [-0.05, 0) is 50.6 Å². The first-order chi connectivity index (χ1) is 10.0. The zero-order valence-corrected chi connectivity index (χ0v) is 12.6. The van der Waals surface area contributed by atoms with E-state index >= 15 is 0 Å². The molecule has 2 aliphatic rings. The topological polar surface area (TPSA) is 35.6 Å². The minimum atomic E-state index is -0.250. The summed E-state index contributed by atoms with van der Waals surface area (Å²) >= 11 is 0. The SMILES string of the molecule is CC1NC(c2ccc(F)cc2)N(CC2CCN(C)C2)C1=O. The second kappa shape index (κ2) is 5.73. The van der Waals surface area contributed by atoms with Crippen LogP contribution in [0, 0.1) is 11.7 Å². The van der Waals surface area contributed by atoms with Gasteiger partial charge in [-0.1, -0.05) is 12.1 Å². The molecule has 114 valence electrons. The quantitative estimate of drug-likeness (QED) is 0.919. The molecule has 0 spiro atoms. The van der Waals surface area contributed by atoms with Crippen LogP contribution < -0.4 is 5.32 Å². The van der Waals surface area contributed by atoms with Gasteiger partial charge in [-0.15, -0.1) is 0 Å². The fourth-order valence-corrected chi connectivity index (χ4v) is 3.34. The van der Waals surface area contributed by atoms with E-state index in [-0.39, 0.29) is 23.9 Å². The van der Waals surface area contributed by atoms with Gasteiger partial charge in [0.2, 0.25) is 5.91 Å². The Hall–Kier alpha value is -1.46. The zero-order chi connectivity index (χ0) is 15.0. The van der Waals surface area contributed by atoms with Crippen molar-refractivity contribution >= 4 is 5.91 Å². The second-order valence-corrected chi connectivity index (χ2v) is 6.25. The molecule has 2 heterocycles. The van der Waals surface area contributed by atoms with Gasteiger partial charge in [0.25, 0.3) is 0 Å². The van der Waals surface area contributed by atoms with Gasteiger partial charge in [0, 0.05) is 13.1 Å². The van der Waals surface area contributed by atoms with Crippen LogP contribution in [0.2, 0.25) is 0 Å². The number of hydrogen-bond donors (Lipinski definition) is 1.